The van der Waals surface area contributed by atoms with E-state index >= 15 is 0 Å². The molecule has 1 aromatic rings. The molecule has 2 nitrogen and oxygen atoms in total. The van der Waals surface area contributed by atoms with Gasteiger partial charge in [0.25, 0.3) is 0 Å². The van der Waals surface area contributed by atoms with E-state index in [9.17, 15) is 4.21 Å². The second-order valence-corrected chi connectivity index (χ2v) is 6.68. The van der Waals surface area contributed by atoms with Crippen molar-refractivity contribution in [1.82, 2.24) is 5.32 Å². The zero-order valence-corrected chi connectivity index (χ0v) is 12.1. The van der Waals surface area contributed by atoms with Crippen LogP contribution in [0.5, 0.6) is 0 Å². The Balaban J connectivity index is 1.89. The first-order chi connectivity index (χ1) is 8.70. The van der Waals surface area contributed by atoms with Crippen molar-refractivity contribution in [2.24, 2.45) is 5.92 Å². The summed E-state index contributed by atoms with van der Waals surface area (Å²) in [5.74, 6) is 2.26. The summed E-state index contributed by atoms with van der Waals surface area (Å²) in [6, 6.07) is 8.71. The average Bonchev–Trinajstić information content (AvgIpc) is 3.16. The summed E-state index contributed by atoms with van der Waals surface area (Å²) >= 11 is 0. The zero-order chi connectivity index (χ0) is 13.0. The highest BCUT2D eigenvalue weighted by molar-refractivity contribution is 7.84. The molecular weight excluding hydrogens is 242 g/mol. The molecule has 1 aromatic carbocycles. The van der Waals surface area contributed by atoms with Crippen molar-refractivity contribution in [3.8, 4) is 0 Å². The van der Waals surface area contributed by atoms with E-state index in [1.54, 1.807) is 0 Å². The molecule has 2 rings (SSSR count). The minimum atomic E-state index is -0.756. The first kappa shape index (κ1) is 13.8. The third-order valence-electron chi connectivity index (χ3n) is 3.60. The quantitative estimate of drug-likeness (QED) is 0.821. The van der Waals surface area contributed by atoms with Crippen LogP contribution in [-0.4, -0.2) is 22.5 Å². The number of rotatable bonds is 7. The van der Waals surface area contributed by atoms with E-state index in [4.69, 9.17) is 0 Å². The van der Waals surface area contributed by atoms with Crippen LogP contribution in [0.4, 0.5) is 0 Å². The normalized spacial score (nSPS) is 18.6. The first-order valence-electron chi connectivity index (χ1n) is 6.83. The van der Waals surface area contributed by atoms with Gasteiger partial charge in [0.15, 0.2) is 0 Å². The Morgan fingerprint density at radius 2 is 2.11 bits per heavy atom. The lowest BCUT2D eigenvalue weighted by Crippen LogP contribution is -2.36. The van der Waals surface area contributed by atoms with Crippen LogP contribution in [0.1, 0.15) is 30.9 Å². The minimum Gasteiger partial charge on any atom is -0.313 e. The van der Waals surface area contributed by atoms with Crippen LogP contribution in [-0.2, 0) is 16.6 Å². The van der Waals surface area contributed by atoms with Gasteiger partial charge in [-0.2, -0.15) is 0 Å². The molecule has 2 atom stereocenters. The predicted molar refractivity (Wildman–Crippen MR) is 78.1 cm³/mol. The number of hydrogen-bond donors (Lipinski definition) is 1. The fraction of sp³-hybridized carbons (Fsp3) is 0.600. The van der Waals surface area contributed by atoms with Gasteiger partial charge in [0, 0.05) is 28.3 Å². The standard InChI is InChI=1S/C15H23NOS/c1-3-16-15(13-8-9-13)11-18(17)10-14-7-5-4-6-12(14)2/h4-7,13,15-16H,3,8-11H2,1-2H3. The van der Waals surface area contributed by atoms with Gasteiger partial charge in [-0.3, -0.25) is 4.21 Å². The third kappa shape index (κ3) is 3.92. The van der Waals surface area contributed by atoms with Gasteiger partial charge in [-0.15, -0.1) is 0 Å². The molecule has 1 aliphatic carbocycles. The lowest BCUT2D eigenvalue weighted by molar-refractivity contribution is 0.514. The molecule has 2 unspecified atom stereocenters. The van der Waals surface area contributed by atoms with Crippen LogP contribution in [0.2, 0.25) is 0 Å². The summed E-state index contributed by atoms with van der Waals surface area (Å²) in [6.45, 7) is 5.19. The average molecular weight is 265 g/mol. The van der Waals surface area contributed by atoms with Crippen molar-refractivity contribution in [2.45, 2.75) is 38.5 Å². The van der Waals surface area contributed by atoms with Crippen LogP contribution in [0.15, 0.2) is 24.3 Å². The SMILES string of the molecule is CCNC(CS(=O)Cc1ccccc1C)C1CC1. The molecule has 1 N–H and O–H groups in total. The molecule has 0 bridgehead atoms. The highest BCUT2D eigenvalue weighted by atomic mass is 32.2. The molecular formula is C15H23NOS. The van der Waals surface area contributed by atoms with Gasteiger partial charge < -0.3 is 5.32 Å². The maximum Gasteiger partial charge on any atom is 0.0488 e. The van der Waals surface area contributed by atoms with Crippen LogP contribution in [0, 0.1) is 12.8 Å². The molecule has 1 aliphatic rings. The summed E-state index contributed by atoms with van der Waals surface area (Å²) in [6.07, 6.45) is 2.61. The molecule has 1 saturated carbocycles. The van der Waals surface area contributed by atoms with Crippen molar-refractivity contribution >= 4 is 10.8 Å². The van der Waals surface area contributed by atoms with E-state index in [1.807, 2.05) is 12.1 Å². The summed E-state index contributed by atoms with van der Waals surface area (Å²) < 4.78 is 12.3. The Morgan fingerprint density at radius 3 is 2.72 bits per heavy atom. The molecule has 0 amide bonds. The van der Waals surface area contributed by atoms with Crippen LogP contribution in [0.3, 0.4) is 0 Å². The topological polar surface area (TPSA) is 29.1 Å². The predicted octanol–water partition coefficient (Wildman–Crippen LogP) is 2.63. The molecule has 0 spiro atoms. The van der Waals surface area contributed by atoms with Gasteiger partial charge in [0.05, 0.1) is 0 Å². The van der Waals surface area contributed by atoms with E-state index in [1.165, 1.54) is 24.0 Å². The zero-order valence-electron chi connectivity index (χ0n) is 11.3. The Kier molecular flexibility index (Phi) is 4.95. The molecule has 1 fully saturated rings. The number of benzene rings is 1. The van der Waals surface area contributed by atoms with Crippen molar-refractivity contribution in [3.05, 3.63) is 35.4 Å². The highest BCUT2D eigenvalue weighted by Gasteiger charge is 2.31. The fourth-order valence-electron chi connectivity index (χ4n) is 2.33. The summed E-state index contributed by atoms with van der Waals surface area (Å²) in [4.78, 5) is 0. The number of hydrogen-bond acceptors (Lipinski definition) is 2. The van der Waals surface area contributed by atoms with Gasteiger partial charge in [0.2, 0.25) is 0 Å². The van der Waals surface area contributed by atoms with Gasteiger partial charge in [-0.25, -0.2) is 0 Å². The second kappa shape index (κ2) is 6.48. The Morgan fingerprint density at radius 1 is 1.39 bits per heavy atom. The molecule has 0 radical (unpaired) electrons. The maximum atomic E-state index is 12.3. The van der Waals surface area contributed by atoms with E-state index in [-0.39, 0.29) is 0 Å². The Bertz CT molecular complexity index is 415. The minimum absolute atomic E-state index is 0.458. The fourth-order valence-corrected chi connectivity index (χ4v) is 3.91. The smallest absolute Gasteiger partial charge is 0.0488 e. The molecule has 0 heterocycles. The summed E-state index contributed by atoms with van der Waals surface area (Å²) in [5.41, 5.74) is 2.47. The molecule has 0 aromatic heterocycles. The van der Waals surface area contributed by atoms with Gasteiger partial charge in [-0.05, 0) is 43.4 Å². The number of aryl methyl sites for hydroxylation is 1. The molecule has 18 heavy (non-hydrogen) atoms. The lowest BCUT2D eigenvalue weighted by Gasteiger charge is -2.17. The largest absolute Gasteiger partial charge is 0.313 e. The second-order valence-electron chi connectivity index (χ2n) is 5.18. The summed E-state index contributed by atoms with van der Waals surface area (Å²) in [5, 5.41) is 3.48. The third-order valence-corrected chi connectivity index (χ3v) is 4.96. The van der Waals surface area contributed by atoms with Gasteiger partial charge in [0.1, 0.15) is 0 Å². The lowest BCUT2D eigenvalue weighted by atomic mass is 10.1. The monoisotopic (exact) mass is 265 g/mol. The van der Waals surface area contributed by atoms with E-state index in [2.05, 4.69) is 31.3 Å². The van der Waals surface area contributed by atoms with E-state index in [0.29, 0.717) is 11.8 Å². The van der Waals surface area contributed by atoms with Crippen LogP contribution >= 0.6 is 0 Å². The maximum absolute atomic E-state index is 12.3. The first-order valence-corrected chi connectivity index (χ1v) is 8.32. The van der Waals surface area contributed by atoms with Crippen LogP contribution < -0.4 is 5.32 Å². The Labute approximate surface area is 113 Å². The highest BCUT2D eigenvalue weighted by Crippen LogP contribution is 2.33. The van der Waals surface area contributed by atoms with Crippen molar-refractivity contribution < 1.29 is 4.21 Å². The van der Waals surface area contributed by atoms with Gasteiger partial charge in [-0.1, -0.05) is 31.2 Å². The van der Waals surface area contributed by atoms with Crippen molar-refractivity contribution in [2.75, 3.05) is 12.3 Å². The van der Waals surface area contributed by atoms with Crippen LogP contribution in [0.25, 0.3) is 0 Å². The molecule has 0 aliphatic heterocycles. The van der Waals surface area contributed by atoms with E-state index in [0.717, 1.165) is 18.2 Å². The van der Waals surface area contributed by atoms with Crippen molar-refractivity contribution in [3.63, 3.8) is 0 Å². The summed E-state index contributed by atoms with van der Waals surface area (Å²) in [7, 11) is -0.756. The number of nitrogens with one attached hydrogen (secondary N) is 1. The van der Waals surface area contributed by atoms with Gasteiger partial charge >= 0.3 is 0 Å². The Hall–Kier alpha value is -0.670. The molecule has 100 valence electrons. The molecule has 3 heteroatoms. The van der Waals surface area contributed by atoms with Crippen molar-refractivity contribution in [1.29, 1.82) is 0 Å². The van der Waals surface area contributed by atoms with E-state index < -0.39 is 10.8 Å². The molecule has 0 saturated heterocycles.